The predicted molar refractivity (Wildman–Crippen MR) is 111 cm³/mol. The summed E-state index contributed by atoms with van der Waals surface area (Å²) in [4.78, 5) is 50.9. The molecule has 0 spiro atoms. The molecule has 2 aromatic carbocycles. The number of Topliss-reactive ketones (excluding diaryl/α,β-unsaturated/α-hetero) is 2. The first kappa shape index (κ1) is 20.5. The second-order valence-electron chi connectivity index (χ2n) is 7.94. The molecule has 1 heterocycles. The SMILES string of the molecule is C[C@@H](NC(=O)c1ccc2c(c1)CN(C1CCC(=O)CC1=O)C2=O)c1ccccc1C#N. The summed E-state index contributed by atoms with van der Waals surface area (Å²) in [5, 5.41) is 12.2. The third-order valence-corrected chi connectivity index (χ3v) is 5.91. The van der Waals surface area contributed by atoms with Crippen molar-refractivity contribution in [2.45, 2.75) is 44.8 Å². The van der Waals surface area contributed by atoms with Gasteiger partial charge in [-0.3, -0.25) is 19.2 Å². The molecule has 2 amide bonds. The summed E-state index contributed by atoms with van der Waals surface area (Å²) in [7, 11) is 0. The molecule has 2 atom stereocenters. The number of amides is 2. The number of carbonyl (C=O) groups excluding carboxylic acids is 4. The van der Waals surface area contributed by atoms with E-state index in [9.17, 15) is 24.4 Å². The minimum absolute atomic E-state index is 0.0866. The fourth-order valence-corrected chi connectivity index (χ4v) is 4.26. The number of nitrogens with one attached hydrogen (secondary N) is 1. The highest BCUT2D eigenvalue weighted by molar-refractivity contribution is 6.08. The van der Waals surface area contributed by atoms with Crippen LogP contribution in [0.1, 0.15) is 69.6 Å². The fourth-order valence-electron chi connectivity index (χ4n) is 4.26. The number of fused-ring (bicyclic) bond motifs is 1. The minimum Gasteiger partial charge on any atom is -0.345 e. The van der Waals surface area contributed by atoms with Crippen molar-refractivity contribution in [3.63, 3.8) is 0 Å². The molecule has 1 fully saturated rings. The van der Waals surface area contributed by atoms with Gasteiger partial charge in [0.15, 0.2) is 5.78 Å². The van der Waals surface area contributed by atoms with Crippen LogP contribution in [0.4, 0.5) is 0 Å². The molecule has 0 saturated heterocycles. The van der Waals surface area contributed by atoms with Crippen LogP contribution >= 0.6 is 0 Å². The van der Waals surface area contributed by atoms with Crippen molar-refractivity contribution in [3.8, 4) is 6.07 Å². The number of nitrogens with zero attached hydrogens (tertiary/aromatic N) is 2. The third-order valence-electron chi connectivity index (χ3n) is 5.91. The van der Waals surface area contributed by atoms with Gasteiger partial charge in [0.25, 0.3) is 11.8 Å². The molecular weight excluding hydrogens is 394 g/mol. The van der Waals surface area contributed by atoms with Crippen LogP contribution in [0, 0.1) is 11.3 Å². The predicted octanol–water partition coefficient (Wildman–Crippen LogP) is 2.70. The Morgan fingerprint density at radius 2 is 1.97 bits per heavy atom. The zero-order valence-electron chi connectivity index (χ0n) is 17.1. The monoisotopic (exact) mass is 415 g/mol. The summed E-state index contributed by atoms with van der Waals surface area (Å²) in [6.45, 7) is 2.05. The molecule has 0 aromatic heterocycles. The Bertz CT molecular complexity index is 1150. The average Bonchev–Trinajstić information content (AvgIpc) is 3.09. The normalized spacial score (nSPS) is 19.0. The topological polar surface area (TPSA) is 107 Å². The molecule has 1 unspecified atom stereocenters. The Kier molecular flexibility index (Phi) is 5.38. The number of nitriles is 1. The number of hydrogen-bond donors (Lipinski definition) is 1. The van der Waals surface area contributed by atoms with E-state index in [2.05, 4.69) is 11.4 Å². The molecule has 0 bridgehead atoms. The van der Waals surface area contributed by atoms with Crippen LogP contribution in [0.15, 0.2) is 42.5 Å². The minimum atomic E-state index is -0.586. The smallest absolute Gasteiger partial charge is 0.255 e. The summed E-state index contributed by atoms with van der Waals surface area (Å²) in [5.74, 6) is -0.865. The largest absolute Gasteiger partial charge is 0.345 e. The molecule has 7 nitrogen and oxygen atoms in total. The Morgan fingerprint density at radius 3 is 2.71 bits per heavy atom. The standard InChI is InChI=1S/C24H21N3O4/c1-14(19-5-3-2-4-16(19)12-25)26-23(30)15-6-8-20-17(10-15)13-27(24(20)31)21-9-7-18(28)11-22(21)29/h2-6,8,10,14,21H,7,9,11,13H2,1H3,(H,26,30)/t14-,21?/m1/s1. The van der Waals surface area contributed by atoms with Gasteiger partial charge in [-0.15, -0.1) is 0 Å². The van der Waals surface area contributed by atoms with E-state index in [0.29, 0.717) is 35.1 Å². The number of carbonyl (C=O) groups is 4. The van der Waals surface area contributed by atoms with Crippen molar-refractivity contribution in [1.29, 1.82) is 5.26 Å². The lowest BCUT2D eigenvalue weighted by atomic mass is 9.92. The first-order chi connectivity index (χ1) is 14.9. The highest BCUT2D eigenvalue weighted by Gasteiger charge is 2.39. The number of rotatable bonds is 4. The summed E-state index contributed by atoms with van der Waals surface area (Å²) < 4.78 is 0. The van der Waals surface area contributed by atoms with Crippen LogP contribution in [0.3, 0.4) is 0 Å². The summed E-state index contributed by atoms with van der Waals surface area (Å²) >= 11 is 0. The van der Waals surface area contributed by atoms with Crippen LogP contribution in [-0.4, -0.2) is 34.3 Å². The van der Waals surface area contributed by atoms with Crippen molar-refractivity contribution >= 4 is 23.4 Å². The lowest BCUT2D eigenvalue weighted by molar-refractivity contribution is -0.133. The fraction of sp³-hybridized carbons (Fsp3) is 0.292. The zero-order chi connectivity index (χ0) is 22.1. The van der Waals surface area contributed by atoms with Gasteiger partial charge in [-0.05, 0) is 48.7 Å². The molecule has 1 aliphatic heterocycles. The molecule has 7 heteroatoms. The zero-order valence-corrected chi connectivity index (χ0v) is 17.1. The second kappa shape index (κ2) is 8.15. The third kappa shape index (κ3) is 3.84. The van der Waals surface area contributed by atoms with Crippen LogP contribution < -0.4 is 5.32 Å². The van der Waals surface area contributed by atoms with E-state index in [1.807, 2.05) is 13.0 Å². The lowest BCUT2D eigenvalue weighted by Gasteiger charge is -2.29. The summed E-state index contributed by atoms with van der Waals surface area (Å²) in [6, 6.07) is 13.1. The van der Waals surface area contributed by atoms with E-state index in [4.69, 9.17) is 0 Å². The Hall–Kier alpha value is -3.79. The maximum Gasteiger partial charge on any atom is 0.255 e. The van der Waals surface area contributed by atoms with E-state index >= 15 is 0 Å². The van der Waals surface area contributed by atoms with Crippen LogP contribution in [0.25, 0.3) is 0 Å². The average molecular weight is 415 g/mol. The molecule has 1 aliphatic carbocycles. The summed E-state index contributed by atoms with van der Waals surface area (Å²) in [6.07, 6.45) is 0.521. The van der Waals surface area contributed by atoms with E-state index in [-0.39, 0.29) is 42.4 Å². The van der Waals surface area contributed by atoms with Gasteiger partial charge in [0.1, 0.15) is 5.78 Å². The Labute approximate surface area is 179 Å². The molecular formula is C24H21N3O4. The molecule has 31 heavy (non-hydrogen) atoms. The van der Waals surface area contributed by atoms with E-state index in [1.54, 1.807) is 36.4 Å². The van der Waals surface area contributed by atoms with Crippen molar-refractivity contribution < 1.29 is 19.2 Å². The van der Waals surface area contributed by atoms with E-state index in [1.165, 1.54) is 4.90 Å². The van der Waals surface area contributed by atoms with Crippen LogP contribution in [0.2, 0.25) is 0 Å². The van der Waals surface area contributed by atoms with Crippen molar-refractivity contribution in [3.05, 3.63) is 70.3 Å². The second-order valence-corrected chi connectivity index (χ2v) is 7.94. The number of benzene rings is 2. The molecule has 1 saturated carbocycles. The Balaban J connectivity index is 1.50. The van der Waals surface area contributed by atoms with Crippen molar-refractivity contribution in [1.82, 2.24) is 10.2 Å². The highest BCUT2D eigenvalue weighted by atomic mass is 16.2. The molecule has 156 valence electrons. The number of hydrogen-bond acceptors (Lipinski definition) is 5. The van der Waals surface area contributed by atoms with Gasteiger partial charge in [-0.25, -0.2) is 0 Å². The van der Waals surface area contributed by atoms with Gasteiger partial charge in [0.05, 0.1) is 30.1 Å². The highest BCUT2D eigenvalue weighted by Crippen LogP contribution is 2.29. The van der Waals surface area contributed by atoms with Crippen LogP contribution in [-0.2, 0) is 16.1 Å². The Morgan fingerprint density at radius 1 is 1.19 bits per heavy atom. The quantitative estimate of drug-likeness (QED) is 0.773. The molecule has 2 aromatic rings. The van der Waals surface area contributed by atoms with E-state index in [0.717, 1.165) is 5.56 Å². The van der Waals surface area contributed by atoms with Crippen LogP contribution in [0.5, 0.6) is 0 Å². The maximum atomic E-state index is 12.8. The van der Waals surface area contributed by atoms with Crippen molar-refractivity contribution in [2.24, 2.45) is 0 Å². The van der Waals surface area contributed by atoms with Gasteiger partial charge in [0, 0.05) is 24.1 Å². The maximum absolute atomic E-state index is 12.8. The molecule has 4 rings (SSSR count). The van der Waals surface area contributed by atoms with Gasteiger partial charge in [-0.2, -0.15) is 5.26 Å². The molecule has 0 radical (unpaired) electrons. The van der Waals surface area contributed by atoms with Gasteiger partial charge < -0.3 is 10.2 Å². The van der Waals surface area contributed by atoms with E-state index < -0.39 is 6.04 Å². The van der Waals surface area contributed by atoms with Gasteiger partial charge >= 0.3 is 0 Å². The van der Waals surface area contributed by atoms with Gasteiger partial charge in [0.2, 0.25) is 0 Å². The first-order valence-electron chi connectivity index (χ1n) is 10.2. The molecule has 2 aliphatic rings. The van der Waals surface area contributed by atoms with Crippen molar-refractivity contribution in [2.75, 3.05) is 0 Å². The first-order valence-corrected chi connectivity index (χ1v) is 10.2. The number of ketones is 2. The summed E-state index contributed by atoms with van der Waals surface area (Å²) in [5.41, 5.74) is 2.80. The molecule has 1 N–H and O–H groups in total. The van der Waals surface area contributed by atoms with Gasteiger partial charge in [-0.1, -0.05) is 18.2 Å². The lowest BCUT2D eigenvalue weighted by Crippen LogP contribution is -2.44.